The van der Waals surface area contributed by atoms with E-state index in [9.17, 15) is 10.2 Å². The fourth-order valence-corrected chi connectivity index (χ4v) is 2.16. The maximum absolute atomic E-state index is 9.95. The van der Waals surface area contributed by atoms with E-state index in [0.717, 1.165) is 21.2 Å². The number of phenolic OH excluding ortho intramolecular Hbond substituents is 1. The molecule has 0 radical (unpaired) electrons. The highest BCUT2D eigenvalue weighted by molar-refractivity contribution is 9.10. The Morgan fingerprint density at radius 3 is 2.20 bits per heavy atom. The van der Waals surface area contributed by atoms with E-state index in [1.165, 1.54) is 0 Å². The molecule has 0 aliphatic rings. The molecule has 1 unspecified atom stereocenters. The summed E-state index contributed by atoms with van der Waals surface area (Å²) in [4.78, 5) is 0. The number of aromatic hydroxyl groups is 1. The van der Waals surface area contributed by atoms with Crippen molar-refractivity contribution in [1.29, 1.82) is 0 Å². The molecule has 0 saturated heterocycles. The van der Waals surface area contributed by atoms with E-state index in [1.54, 1.807) is 0 Å². The third kappa shape index (κ3) is 2.02. The Labute approximate surface area is 98.1 Å². The largest absolute Gasteiger partial charge is 0.507 e. The second-order valence-electron chi connectivity index (χ2n) is 3.70. The molecule has 1 aromatic rings. The van der Waals surface area contributed by atoms with Gasteiger partial charge in [0, 0.05) is 16.6 Å². The van der Waals surface area contributed by atoms with Crippen molar-refractivity contribution < 1.29 is 10.2 Å². The highest BCUT2D eigenvalue weighted by atomic mass is 79.9. The number of nitrogens with two attached hydrogens (primary N) is 1. The fraction of sp³-hybridized carbons (Fsp3) is 0.455. The van der Waals surface area contributed by atoms with Crippen LogP contribution in [0.2, 0.25) is 0 Å². The van der Waals surface area contributed by atoms with Gasteiger partial charge in [0.25, 0.3) is 0 Å². The monoisotopic (exact) mass is 273 g/mol. The molecule has 3 nitrogen and oxygen atoms in total. The number of rotatable bonds is 2. The van der Waals surface area contributed by atoms with Gasteiger partial charge in [-0.25, -0.2) is 0 Å². The molecule has 0 aliphatic heterocycles. The second kappa shape index (κ2) is 4.51. The highest BCUT2D eigenvalue weighted by Gasteiger charge is 2.20. The maximum atomic E-state index is 9.95. The summed E-state index contributed by atoms with van der Waals surface area (Å²) in [5, 5.41) is 19.7. The van der Waals surface area contributed by atoms with E-state index in [2.05, 4.69) is 15.9 Å². The van der Waals surface area contributed by atoms with Crippen LogP contribution < -0.4 is 5.73 Å². The van der Waals surface area contributed by atoms with Crippen LogP contribution >= 0.6 is 15.9 Å². The van der Waals surface area contributed by atoms with Gasteiger partial charge in [0.05, 0.1) is 6.10 Å². The first-order valence-electron chi connectivity index (χ1n) is 4.78. The average molecular weight is 274 g/mol. The Hall–Kier alpha value is -0.580. The van der Waals surface area contributed by atoms with Gasteiger partial charge in [-0.2, -0.15) is 0 Å². The molecule has 0 fully saturated rings. The molecule has 0 bridgehead atoms. The van der Waals surface area contributed by atoms with Gasteiger partial charge in [-0.15, -0.1) is 0 Å². The highest BCUT2D eigenvalue weighted by Crippen LogP contribution is 2.38. The third-order valence-corrected chi connectivity index (χ3v) is 3.98. The van der Waals surface area contributed by atoms with Gasteiger partial charge in [-0.1, -0.05) is 15.9 Å². The summed E-state index contributed by atoms with van der Waals surface area (Å²) < 4.78 is 0.917. The van der Waals surface area contributed by atoms with Crippen LogP contribution in [0.25, 0.3) is 0 Å². The van der Waals surface area contributed by atoms with Crippen molar-refractivity contribution in [1.82, 2.24) is 0 Å². The van der Waals surface area contributed by atoms with Crippen LogP contribution in [0.1, 0.15) is 28.4 Å². The minimum atomic E-state index is -0.819. The predicted molar refractivity (Wildman–Crippen MR) is 64.0 cm³/mol. The van der Waals surface area contributed by atoms with Gasteiger partial charge >= 0.3 is 0 Å². The predicted octanol–water partition coefficient (Wildman–Crippen LogP) is 2.07. The number of aliphatic hydroxyl groups excluding tert-OH is 1. The number of hydrogen-bond acceptors (Lipinski definition) is 3. The summed E-state index contributed by atoms with van der Waals surface area (Å²) in [7, 11) is 0. The topological polar surface area (TPSA) is 66.5 Å². The molecule has 4 N–H and O–H groups in total. The molecule has 84 valence electrons. The fourth-order valence-electron chi connectivity index (χ4n) is 1.65. The van der Waals surface area contributed by atoms with Crippen LogP contribution in [0.4, 0.5) is 0 Å². The van der Waals surface area contributed by atoms with Crippen molar-refractivity contribution in [2.75, 3.05) is 6.54 Å². The van der Waals surface area contributed by atoms with Gasteiger partial charge < -0.3 is 15.9 Å². The Balaban J connectivity index is 3.52. The molecule has 1 rings (SSSR count). The normalized spacial score (nSPS) is 12.9. The summed E-state index contributed by atoms with van der Waals surface area (Å²) in [6, 6.07) is 0. The molecule has 0 amide bonds. The molecule has 1 atom stereocenters. The minimum absolute atomic E-state index is 0.101. The lowest BCUT2D eigenvalue weighted by atomic mass is 9.95. The van der Waals surface area contributed by atoms with Crippen molar-refractivity contribution >= 4 is 15.9 Å². The first-order chi connectivity index (χ1) is 6.91. The van der Waals surface area contributed by atoms with E-state index in [0.29, 0.717) is 5.56 Å². The number of aliphatic hydroxyl groups is 1. The Kier molecular flexibility index (Phi) is 3.76. The van der Waals surface area contributed by atoms with Crippen molar-refractivity contribution in [3.8, 4) is 5.75 Å². The van der Waals surface area contributed by atoms with Crippen LogP contribution in [0, 0.1) is 20.8 Å². The molecular formula is C11H16BrNO2. The van der Waals surface area contributed by atoms with Gasteiger partial charge in [0.1, 0.15) is 5.75 Å². The van der Waals surface area contributed by atoms with Crippen LogP contribution in [0.5, 0.6) is 5.75 Å². The maximum Gasteiger partial charge on any atom is 0.124 e. The van der Waals surface area contributed by atoms with Crippen LogP contribution in [-0.2, 0) is 0 Å². The third-order valence-electron chi connectivity index (χ3n) is 2.79. The summed E-state index contributed by atoms with van der Waals surface area (Å²) in [6.45, 7) is 5.69. The summed E-state index contributed by atoms with van der Waals surface area (Å²) in [5.41, 5.74) is 8.52. The number of benzene rings is 1. The molecular weight excluding hydrogens is 258 g/mol. The number of phenols is 1. The molecule has 15 heavy (non-hydrogen) atoms. The average Bonchev–Trinajstić information content (AvgIpc) is 2.23. The summed E-state index contributed by atoms with van der Waals surface area (Å²) >= 11 is 3.45. The number of halogens is 1. The Bertz CT molecular complexity index is 362. The van der Waals surface area contributed by atoms with Crippen molar-refractivity contribution in [2.24, 2.45) is 5.73 Å². The zero-order valence-corrected chi connectivity index (χ0v) is 10.7. The molecule has 0 spiro atoms. The standard InChI is InChI=1S/C11H16BrNO2/c1-5-6(2)11(15)9(8(14)4-13)7(3)10(5)12/h8,14-15H,4,13H2,1-3H3. The molecule has 1 aromatic carbocycles. The first-order valence-corrected chi connectivity index (χ1v) is 5.57. The minimum Gasteiger partial charge on any atom is -0.507 e. The van der Waals surface area contributed by atoms with Gasteiger partial charge in [-0.3, -0.25) is 0 Å². The lowest BCUT2D eigenvalue weighted by Crippen LogP contribution is -2.14. The first kappa shape index (κ1) is 12.5. The smallest absolute Gasteiger partial charge is 0.124 e. The van der Waals surface area contributed by atoms with Crippen LogP contribution in [0.3, 0.4) is 0 Å². The van der Waals surface area contributed by atoms with Gasteiger partial charge in [0.15, 0.2) is 0 Å². The lowest BCUT2D eigenvalue weighted by molar-refractivity contribution is 0.181. The SMILES string of the molecule is Cc1c(C)c(Br)c(C)c(C(O)CN)c1O. The number of hydrogen-bond donors (Lipinski definition) is 3. The van der Waals surface area contributed by atoms with E-state index in [4.69, 9.17) is 5.73 Å². The molecule has 0 aliphatic carbocycles. The van der Waals surface area contributed by atoms with Crippen molar-refractivity contribution in [2.45, 2.75) is 26.9 Å². The quantitative estimate of drug-likeness (QED) is 0.773. The van der Waals surface area contributed by atoms with E-state index >= 15 is 0 Å². The van der Waals surface area contributed by atoms with Gasteiger partial charge in [0.2, 0.25) is 0 Å². The lowest BCUT2D eigenvalue weighted by Gasteiger charge is -2.19. The second-order valence-corrected chi connectivity index (χ2v) is 4.50. The summed E-state index contributed by atoms with van der Waals surface area (Å²) in [5.74, 6) is 0.145. The van der Waals surface area contributed by atoms with Crippen LogP contribution in [-0.4, -0.2) is 16.8 Å². The van der Waals surface area contributed by atoms with Crippen molar-refractivity contribution in [3.63, 3.8) is 0 Å². The molecule has 0 aromatic heterocycles. The van der Waals surface area contributed by atoms with Crippen molar-refractivity contribution in [3.05, 3.63) is 26.7 Å². The molecule has 0 heterocycles. The molecule has 4 heteroatoms. The zero-order chi connectivity index (χ0) is 11.7. The van der Waals surface area contributed by atoms with Gasteiger partial charge in [-0.05, 0) is 37.5 Å². The van der Waals surface area contributed by atoms with E-state index in [-0.39, 0.29) is 12.3 Å². The molecule has 0 saturated carbocycles. The zero-order valence-electron chi connectivity index (χ0n) is 9.13. The Morgan fingerprint density at radius 2 is 1.73 bits per heavy atom. The summed E-state index contributed by atoms with van der Waals surface area (Å²) in [6.07, 6.45) is -0.819. The van der Waals surface area contributed by atoms with E-state index < -0.39 is 6.10 Å². The van der Waals surface area contributed by atoms with E-state index in [1.807, 2.05) is 20.8 Å². The Morgan fingerprint density at radius 1 is 1.20 bits per heavy atom. The van der Waals surface area contributed by atoms with Crippen LogP contribution in [0.15, 0.2) is 4.47 Å².